The lowest BCUT2D eigenvalue weighted by Crippen LogP contribution is -2.39. The highest BCUT2D eigenvalue weighted by Crippen LogP contribution is 2.50. The molecule has 20 heteroatoms. The SMILES string of the molecule is CN(C(=O)C1(C(=O)Cl)CC1)c1ccc(F)cc1.COc1cc2nccc(Oc3ccc(CC(=O)C4(C(=O)N(C)c5ccc(F)cc5)CC4)cc3F)c2cc1OC.COc1cc2nccc(Oc3ccc(N)cc3F)c2cc1OC. The number of anilines is 3. The molecule has 2 N–H and O–H groups in total. The Bertz CT molecular complexity index is 3600. The number of carbonyl (C=O) groups is 4. The van der Waals surface area contributed by atoms with Crippen LogP contribution in [-0.4, -0.2) is 75.3 Å². The van der Waals surface area contributed by atoms with Crippen LogP contribution in [0, 0.1) is 34.1 Å². The number of ether oxygens (including phenoxy) is 6. The van der Waals surface area contributed by atoms with Gasteiger partial charge in [0.25, 0.3) is 0 Å². The summed E-state index contributed by atoms with van der Waals surface area (Å²) >= 11 is 5.44. The van der Waals surface area contributed by atoms with Crippen molar-refractivity contribution >= 4 is 73.3 Å². The fraction of sp³-hybridized carbons (Fsp3) is 0.220. The predicted molar refractivity (Wildman–Crippen MR) is 290 cm³/mol. The number of rotatable bonds is 16. The molecule has 6 aromatic carbocycles. The van der Waals surface area contributed by atoms with E-state index in [0.29, 0.717) is 105 Å². The normalized spacial score (nSPS) is 13.3. The van der Waals surface area contributed by atoms with E-state index in [0.717, 1.165) is 0 Å². The van der Waals surface area contributed by atoms with Crippen molar-refractivity contribution in [3.63, 3.8) is 0 Å². The quantitative estimate of drug-likeness (QED) is 0.0418. The number of pyridine rings is 2. The summed E-state index contributed by atoms with van der Waals surface area (Å²) in [5.74, 6) is 0.0394. The third-order valence-corrected chi connectivity index (χ3v) is 13.8. The van der Waals surface area contributed by atoms with Crippen molar-refractivity contribution in [1.82, 2.24) is 9.97 Å². The Morgan fingerprint density at radius 3 is 1.32 bits per heavy atom. The standard InChI is InChI=1S/C30H26F2N2O5.C17H15FN2O3.C12H11ClFNO2/c1-34(20-7-5-19(31)6-8-20)29(36)30(11-12-30)28(35)15-18-4-9-25(22(32)14-18)39-24-10-13-33-23-17-27(38-3)26(37-2)16-21(23)24;1-21-16-8-11-13(9-17(16)22-2)20-6-5-14(11)23-15-4-3-10(19)7-12(15)18;1-15(9-4-2-8(14)3-5-9)11(17)12(6-7-12)10(13)16/h4-10,13-14,16-17H,11-12,15H2,1-3H3;3-9H,19H2,1-2H3;2-5H,6-7H2,1H3. The second kappa shape index (κ2) is 23.7. The Labute approximate surface area is 456 Å². The molecular formula is C59H52ClF4N5O10. The van der Waals surface area contributed by atoms with Gasteiger partial charge < -0.3 is 44.0 Å². The minimum Gasteiger partial charge on any atom is -0.493 e. The van der Waals surface area contributed by atoms with Gasteiger partial charge >= 0.3 is 0 Å². The van der Waals surface area contributed by atoms with Gasteiger partial charge in [0.1, 0.15) is 34.0 Å². The highest BCUT2D eigenvalue weighted by molar-refractivity contribution is 6.67. The van der Waals surface area contributed by atoms with Gasteiger partial charge in [0, 0.05) is 78.9 Å². The van der Waals surface area contributed by atoms with Gasteiger partial charge in [0.2, 0.25) is 17.1 Å². The zero-order valence-electron chi connectivity index (χ0n) is 43.6. The Balaban J connectivity index is 0.000000173. The monoisotopic (exact) mass is 1100 g/mol. The van der Waals surface area contributed by atoms with Crippen LogP contribution in [0.5, 0.6) is 46.0 Å². The maximum Gasteiger partial charge on any atom is 0.241 e. The second-order valence-corrected chi connectivity index (χ2v) is 18.8. The van der Waals surface area contributed by atoms with Crippen molar-refractivity contribution in [2.75, 3.05) is 58.1 Å². The maximum atomic E-state index is 15.1. The van der Waals surface area contributed by atoms with Crippen molar-refractivity contribution in [2.24, 2.45) is 10.8 Å². The number of hydrogen-bond donors (Lipinski definition) is 1. The van der Waals surface area contributed by atoms with E-state index in [-0.39, 0.29) is 41.3 Å². The van der Waals surface area contributed by atoms with Crippen molar-refractivity contribution in [3.05, 3.63) is 163 Å². The van der Waals surface area contributed by atoms with Crippen LogP contribution < -0.4 is 44.0 Å². The molecule has 2 amide bonds. The summed E-state index contributed by atoms with van der Waals surface area (Å²) in [6, 6.07) is 29.7. The number of Topliss-reactive ketones (excluding diaryl/α,β-unsaturated/α-hetero) is 1. The molecule has 2 saturated carbocycles. The van der Waals surface area contributed by atoms with E-state index in [1.54, 1.807) is 89.2 Å². The van der Waals surface area contributed by atoms with E-state index < -0.39 is 33.5 Å². The molecule has 2 aromatic heterocycles. The Hall–Kier alpha value is -8.97. The molecule has 0 spiro atoms. The molecule has 15 nitrogen and oxygen atoms in total. The third-order valence-electron chi connectivity index (χ3n) is 13.4. The average Bonchev–Trinajstić information content (AvgIpc) is 4.54. The molecule has 8 aromatic rings. The maximum absolute atomic E-state index is 15.1. The van der Waals surface area contributed by atoms with Gasteiger partial charge in [-0.1, -0.05) is 6.07 Å². The molecule has 2 aliphatic rings. The number of benzene rings is 6. The zero-order chi connectivity index (χ0) is 56.8. The van der Waals surface area contributed by atoms with Gasteiger partial charge in [-0.05, 0) is 140 Å². The first-order valence-electron chi connectivity index (χ1n) is 24.4. The number of amides is 2. The third kappa shape index (κ3) is 12.3. The summed E-state index contributed by atoms with van der Waals surface area (Å²) in [5, 5.41) is 0.672. The largest absolute Gasteiger partial charge is 0.493 e. The van der Waals surface area contributed by atoms with E-state index in [1.807, 2.05) is 0 Å². The lowest BCUT2D eigenvalue weighted by molar-refractivity contribution is -0.134. The molecule has 408 valence electrons. The molecule has 2 fully saturated rings. The molecule has 0 bridgehead atoms. The average molecular weight is 1100 g/mol. The Kier molecular flexibility index (Phi) is 16.9. The summed E-state index contributed by atoms with van der Waals surface area (Å²) in [4.78, 5) is 60.9. The highest BCUT2D eigenvalue weighted by atomic mass is 35.5. The van der Waals surface area contributed by atoms with E-state index in [1.165, 1.54) is 96.8 Å². The van der Waals surface area contributed by atoms with Gasteiger partial charge in [0.15, 0.2) is 51.9 Å². The van der Waals surface area contributed by atoms with Crippen molar-refractivity contribution < 1.29 is 65.2 Å². The number of fused-ring (bicyclic) bond motifs is 2. The second-order valence-electron chi connectivity index (χ2n) is 18.4. The van der Waals surface area contributed by atoms with Crippen LogP contribution in [0.15, 0.2) is 134 Å². The molecule has 2 heterocycles. The first-order chi connectivity index (χ1) is 37.8. The van der Waals surface area contributed by atoms with Crippen LogP contribution in [0.2, 0.25) is 0 Å². The minimum atomic E-state index is -1.15. The lowest BCUT2D eigenvalue weighted by atomic mass is 9.93. The van der Waals surface area contributed by atoms with Crippen LogP contribution in [0.1, 0.15) is 31.2 Å². The van der Waals surface area contributed by atoms with Gasteiger partial charge in [-0.15, -0.1) is 0 Å². The van der Waals surface area contributed by atoms with Crippen LogP contribution in [0.25, 0.3) is 21.8 Å². The summed E-state index contributed by atoms with van der Waals surface area (Å²) in [6.07, 6.45) is 4.84. The number of carbonyl (C=O) groups excluding carboxylic acids is 4. The topological polar surface area (TPSA) is 182 Å². The molecule has 79 heavy (non-hydrogen) atoms. The number of halogens is 5. The first-order valence-corrected chi connectivity index (χ1v) is 24.7. The number of nitrogens with zero attached hydrogens (tertiary/aromatic N) is 4. The first kappa shape index (κ1) is 56.2. The van der Waals surface area contributed by atoms with E-state index in [2.05, 4.69) is 9.97 Å². The van der Waals surface area contributed by atoms with Gasteiger partial charge in [0.05, 0.1) is 39.5 Å². The molecular weight excluding hydrogens is 1050 g/mol. The molecule has 0 aliphatic heterocycles. The lowest BCUT2D eigenvalue weighted by Gasteiger charge is -2.23. The minimum absolute atomic E-state index is 0.0262. The van der Waals surface area contributed by atoms with E-state index in [9.17, 15) is 32.3 Å². The van der Waals surface area contributed by atoms with Crippen molar-refractivity contribution in [1.29, 1.82) is 0 Å². The zero-order valence-corrected chi connectivity index (χ0v) is 44.3. The van der Waals surface area contributed by atoms with E-state index in [4.69, 9.17) is 45.8 Å². The number of aromatic nitrogens is 2. The van der Waals surface area contributed by atoms with Crippen LogP contribution in [-0.2, 0) is 25.6 Å². The molecule has 0 atom stereocenters. The molecule has 0 saturated heterocycles. The summed E-state index contributed by atoms with van der Waals surface area (Å²) in [5.41, 5.74) is 6.38. The Morgan fingerprint density at radius 1 is 0.519 bits per heavy atom. The summed E-state index contributed by atoms with van der Waals surface area (Å²) < 4.78 is 87.8. The fourth-order valence-electron chi connectivity index (χ4n) is 8.56. The molecule has 0 unspecified atom stereocenters. The van der Waals surface area contributed by atoms with Crippen molar-refractivity contribution in [3.8, 4) is 46.0 Å². The van der Waals surface area contributed by atoms with E-state index >= 15 is 4.39 Å². The highest BCUT2D eigenvalue weighted by Gasteiger charge is 2.58. The molecule has 10 rings (SSSR count). The number of hydrogen-bond acceptors (Lipinski definition) is 13. The van der Waals surface area contributed by atoms with Gasteiger partial charge in [-0.25, -0.2) is 17.6 Å². The van der Waals surface area contributed by atoms with Crippen molar-refractivity contribution in [2.45, 2.75) is 32.1 Å². The van der Waals surface area contributed by atoms with Crippen LogP contribution in [0.4, 0.5) is 34.6 Å². The van der Waals surface area contributed by atoms with Gasteiger partial charge in [-0.2, -0.15) is 0 Å². The number of nitrogens with two attached hydrogens (primary N) is 1. The van der Waals surface area contributed by atoms with Crippen LogP contribution >= 0.6 is 11.6 Å². The number of nitrogen functional groups attached to an aromatic ring is 1. The molecule has 2 aliphatic carbocycles. The fourth-order valence-corrected chi connectivity index (χ4v) is 8.83. The summed E-state index contributed by atoms with van der Waals surface area (Å²) in [6.45, 7) is 0. The Morgan fingerprint density at radius 2 is 0.924 bits per heavy atom. The van der Waals surface area contributed by atoms with Gasteiger partial charge in [-0.3, -0.25) is 29.1 Å². The predicted octanol–water partition coefficient (Wildman–Crippen LogP) is 12.0. The number of ketones is 1. The van der Waals surface area contributed by atoms with Crippen LogP contribution in [0.3, 0.4) is 0 Å². The summed E-state index contributed by atoms with van der Waals surface area (Å²) in [7, 11) is 9.24. The molecule has 0 radical (unpaired) electrons. The number of methoxy groups -OCH3 is 4. The smallest absolute Gasteiger partial charge is 0.241 e.